The Morgan fingerprint density at radius 2 is 2.40 bits per heavy atom. The van der Waals surface area contributed by atoms with Gasteiger partial charge < -0.3 is 9.72 Å². The number of halogens is 1. The summed E-state index contributed by atoms with van der Waals surface area (Å²) in [5.74, 6) is 0.291. The van der Waals surface area contributed by atoms with Crippen LogP contribution in [0.1, 0.15) is 5.82 Å². The highest BCUT2D eigenvalue weighted by Gasteiger charge is 2.09. The molecule has 0 spiro atoms. The number of esters is 1. The molecule has 1 N–H and O–H groups in total. The van der Waals surface area contributed by atoms with Crippen LogP contribution in [0.4, 0.5) is 0 Å². The Labute approximate surface area is 99.4 Å². The molecule has 5 nitrogen and oxygen atoms in total. The van der Waals surface area contributed by atoms with E-state index in [4.69, 9.17) is 0 Å². The lowest BCUT2D eigenvalue weighted by Gasteiger charge is -1.93. The Kier molecular flexibility index (Phi) is 2.85. The zero-order valence-corrected chi connectivity index (χ0v) is 10.1. The molecule has 78 valence electrons. The Balaban J connectivity index is 2.39. The van der Waals surface area contributed by atoms with E-state index in [0.29, 0.717) is 5.82 Å². The van der Waals surface area contributed by atoms with E-state index in [1.807, 2.05) is 0 Å². The molecule has 0 bridgehead atoms. The first-order chi connectivity index (χ1) is 7.20. The topological polar surface area (TPSA) is 67.9 Å². The summed E-state index contributed by atoms with van der Waals surface area (Å²) >= 11 is 2.15. The number of carbonyl (C=O) groups is 1. The second-order valence-corrected chi connectivity index (χ2v) is 4.12. The van der Waals surface area contributed by atoms with E-state index in [0.717, 1.165) is 14.6 Å². The van der Waals surface area contributed by atoms with Crippen molar-refractivity contribution >= 4 is 39.6 Å². The van der Waals surface area contributed by atoms with Gasteiger partial charge >= 0.3 is 5.97 Å². The summed E-state index contributed by atoms with van der Waals surface area (Å²) in [6.07, 6.45) is 3.57. The number of hydrogen-bond donors (Lipinski definition) is 1. The van der Waals surface area contributed by atoms with Crippen molar-refractivity contribution in [2.24, 2.45) is 0 Å². The second kappa shape index (κ2) is 4.13. The highest BCUT2D eigenvalue weighted by atomic mass is 127. The molecule has 0 aliphatic rings. The molecule has 0 aromatic carbocycles. The van der Waals surface area contributed by atoms with E-state index >= 15 is 0 Å². The van der Waals surface area contributed by atoms with E-state index in [1.54, 1.807) is 12.4 Å². The lowest BCUT2D eigenvalue weighted by Crippen LogP contribution is -2.05. The van der Waals surface area contributed by atoms with E-state index in [-0.39, 0.29) is 12.4 Å². The monoisotopic (exact) mass is 317 g/mol. The van der Waals surface area contributed by atoms with Crippen molar-refractivity contribution in [3.8, 4) is 0 Å². The number of nitrogens with zero attached hydrogens (tertiary/aromatic N) is 2. The van der Waals surface area contributed by atoms with Crippen molar-refractivity contribution in [3.05, 3.63) is 21.8 Å². The van der Waals surface area contributed by atoms with Gasteiger partial charge in [-0.3, -0.25) is 9.78 Å². The van der Waals surface area contributed by atoms with Crippen molar-refractivity contribution in [2.45, 2.75) is 6.42 Å². The SMILES string of the molecule is COC(=O)Cc1nc2c(I)cncc2[nH]1. The number of carbonyl (C=O) groups excluding carboxylic acids is 1. The summed E-state index contributed by atoms with van der Waals surface area (Å²) in [5, 5.41) is 0. The largest absolute Gasteiger partial charge is 0.469 e. The third-order valence-corrected chi connectivity index (χ3v) is 2.73. The third-order valence-electron chi connectivity index (χ3n) is 1.94. The smallest absolute Gasteiger partial charge is 0.313 e. The molecule has 6 heteroatoms. The van der Waals surface area contributed by atoms with Crippen LogP contribution in [0, 0.1) is 3.57 Å². The van der Waals surface area contributed by atoms with Crippen molar-refractivity contribution in [1.82, 2.24) is 15.0 Å². The molecule has 0 amide bonds. The highest BCUT2D eigenvalue weighted by Crippen LogP contribution is 2.16. The quantitative estimate of drug-likeness (QED) is 0.669. The van der Waals surface area contributed by atoms with Crippen LogP contribution in [0.15, 0.2) is 12.4 Å². The van der Waals surface area contributed by atoms with E-state index in [9.17, 15) is 4.79 Å². The molecule has 2 aromatic heterocycles. The van der Waals surface area contributed by atoms with Gasteiger partial charge in [-0.15, -0.1) is 0 Å². The first kappa shape index (κ1) is 10.3. The minimum atomic E-state index is -0.308. The van der Waals surface area contributed by atoms with Gasteiger partial charge in [-0.1, -0.05) is 0 Å². The molecule has 0 saturated carbocycles. The predicted molar refractivity (Wildman–Crippen MR) is 62.3 cm³/mol. The van der Waals surface area contributed by atoms with Gasteiger partial charge in [-0.25, -0.2) is 4.98 Å². The normalized spacial score (nSPS) is 10.5. The zero-order chi connectivity index (χ0) is 10.8. The average Bonchev–Trinajstić information content (AvgIpc) is 2.62. The Bertz CT molecular complexity index is 509. The van der Waals surface area contributed by atoms with Crippen molar-refractivity contribution in [2.75, 3.05) is 7.11 Å². The molecule has 0 saturated heterocycles. The van der Waals surface area contributed by atoms with Gasteiger partial charge in [0.05, 0.1) is 22.4 Å². The summed E-state index contributed by atoms with van der Waals surface area (Å²) in [6, 6.07) is 0. The summed E-state index contributed by atoms with van der Waals surface area (Å²) < 4.78 is 5.52. The zero-order valence-electron chi connectivity index (χ0n) is 7.95. The molecule has 2 aromatic rings. The molecule has 0 fully saturated rings. The Morgan fingerprint density at radius 3 is 3.07 bits per heavy atom. The number of pyridine rings is 1. The fraction of sp³-hybridized carbons (Fsp3) is 0.222. The lowest BCUT2D eigenvalue weighted by atomic mass is 10.4. The number of methoxy groups -OCH3 is 1. The molecule has 0 aliphatic heterocycles. The molecule has 0 unspecified atom stereocenters. The van der Waals surface area contributed by atoms with Crippen LogP contribution in [-0.2, 0) is 16.0 Å². The van der Waals surface area contributed by atoms with E-state index in [1.165, 1.54) is 7.11 Å². The molecule has 0 aliphatic carbocycles. The lowest BCUT2D eigenvalue weighted by molar-refractivity contribution is -0.139. The maximum atomic E-state index is 11.0. The Morgan fingerprint density at radius 1 is 1.60 bits per heavy atom. The average molecular weight is 317 g/mol. The van der Waals surface area contributed by atoms with Crippen LogP contribution in [0.3, 0.4) is 0 Å². The maximum absolute atomic E-state index is 11.0. The van der Waals surface area contributed by atoms with Gasteiger partial charge in [-0.2, -0.15) is 0 Å². The summed E-state index contributed by atoms with van der Waals surface area (Å²) in [5.41, 5.74) is 1.67. The fourth-order valence-corrected chi connectivity index (χ4v) is 1.82. The van der Waals surface area contributed by atoms with Gasteiger partial charge in [-0.05, 0) is 22.6 Å². The van der Waals surface area contributed by atoms with Crippen LogP contribution in [0.2, 0.25) is 0 Å². The number of H-pyrrole nitrogens is 1. The van der Waals surface area contributed by atoms with Crippen LogP contribution >= 0.6 is 22.6 Å². The molecular weight excluding hydrogens is 309 g/mol. The predicted octanol–water partition coefficient (Wildman–Crippen LogP) is 1.28. The molecule has 2 heterocycles. The third kappa shape index (κ3) is 2.09. The molecule has 2 rings (SSSR count). The van der Waals surface area contributed by atoms with E-state index in [2.05, 4.69) is 42.3 Å². The standard InChI is InChI=1S/C9H8IN3O2/c1-15-8(14)2-7-12-6-4-11-3-5(10)9(6)13-7/h3-4H,2H2,1H3,(H,12,13). The van der Waals surface area contributed by atoms with E-state index < -0.39 is 0 Å². The van der Waals surface area contributed by atoms with Crippen molar-refractivity contribution in [3.63, 3.8) is 0 Å². The number of ether oxygens (including phenoxy) is 1. The minimum absolute atomic E-state index is 0.154. The van der Waals surface area contributed by atoms with Gasteiger partial charge in [0.15, 0.2) is 0 Å². The van der Waals surface area contributed by atoms with Crippen molar-refractivity contribution in [1.29, 1.82) is 0 Å². The van der Waals surface area contributed by atoms with Crippen LogP contribution in [0.5, 0.6) is 0 Å². The number of hydrogen-bond acceptors (Lipinski definition) is 4. The first-order valence-electron chi connectivity index (χ1n) is 4.25. The number of imidazole rings is 1. The molecule has 15 heavy (non-hydrogen) atoms. The Hall–Kier alpha value is -1.18. The summed E-state index contributed by atoms with van der Waals surface area (Å²) in [4.78, 5) is 22.4. The van der Waals surface area contributed by atoms with Crippen LogP contribution in [0.25, 0.3) is 11.0 Å². The molecule has 0 radical (unpaired) electrons. The number of nitrogens with one attached hydrogen (secondary N) is 1. The minimum Gasteiger partial charge on any atom is -0.469 e. The molecular formula is C9H8IN3O2. The first-order valence-corrected chi connectivity index (χ1v) is 5.33. The number of rotatable bonds is 2. The summed E-state index contributed by atoms with van der Waals surface area (Å²) in [7, 11) is 1.36. The fourth-order valence-electron chi connectivity index (χ4n) is 1.24. The van der Waals surface area contributed by atoms with Crippen LogP contribution in [-0.4, -0.2) is 28.0 Å². The van der Waals surface area contributed by atoms with Crippen molar-refractivity contribution < 1.29 is 9.53 Å². The molecule has 0 atom stereocenters. The van der Waals surface area contributed by atoms with Gasteiger partial charge in [0.2, 0.25) is 0 Å². The second-order valence-electron chi connectivity index (χ2n) is 2.95. The van der Waals surface area contributed by atoms with Gasteiger partial charge in [0.1, 0.15) is 17.8 Å². The maximum Gasteiger partial charge on any atom is 0.313 e. The number of aromatic amines is 1. The van der Waals surface area contributed by atoms with Gasteiger partial charge in [0, 0.05) is 6.20 Å². The highest BCUT2D eigenvalue weighted by molar-refractivity contribution is 14.1. The number of aromatic nitrogens is 3. The number of fused-ring (bicyclic) bond motifs is 1. The van der Waals surface area contributed by atoms with Crippen LogP contribution < -0.4 is 0 Å². The van der Waals surface area contributed by atoms with Gasteiger partial charge in [0.25, 0.3) is 0 Å². The summed E-state index contributed by atoms with van der Waals surface area (Å²) in [6.45, 7) is 0.